The second-order valence-electron chi connectivity index (χ2n) is 7.33. The molecule has 0 unspecified atom stereocenters. The van der Waals surface area contributed by atoms with Crippen molar-refractivity contribution in [2.24, 2.45) is 5.10 Å². The number of aromatic nitrogens is 1. The predicted octanol–water partition coefficient (Wildman–Crippen LogP) is 4.58. The number of carbonyl (C=O) groups excluding carboxylic acids is 1. The molecule has 2 heterocycles. The number of hydrazone groups is 1. The lowest BCUT2D eigenvalue weighted by molar-refractivity contribution is -0.141. The van der Waals surface area contributed by atoms with E-state index in [2.05, 4.69) is 10.1 Å². The molecule has 9 heteroatoms. The van der Waals surface area contributed by atoms with Gasteiger partial charge in [-0.25, -0.2) is 14.4 Å². The minimum absolute atomic E-state index is 0.206. The van der Waals surface area contributed by atoms with E-state index in [9.17, 15) is 14.0 Å². The molecule has 1 aliphatic heterocycles. The van der Waals surface area contributed by atoms with E-state index in [-0.39, 0.29) is 23.8 Å². The molecule has 32 heavy (non-hydrogen) atoms. The van der Waals surface area contributed by atoms with Crippen LogP contribution in [0.5, 0.6) is 5.75 Å². The summed E-state index contributed by atoms with van der Waals surface area (Å²) in [7, 11) is 1.56. The van der Waals surface area contributed by atoms with E-state index in [0.29, 0.717) is 34.5 Å². The molecule has 1 atom stereocenters. The molecule has 0 aliphatic carbocycles. The highest BCUT2D eigenvalue weighted by atomic mass is 35.5. The molecule has 4 rings (SSSR count). The Labute approximate surface area is 188 Å². The first-order valence-electron chi connectivity index (χ1n) is 9.87. The van der Waals surface area contributed by atoms with Crippen LogP contribution in [0.15, 0.2) is 53.6 Å². The highest BCUT2D eigenvalue weighted by Gasteiger charge is 2.35. The third-order valence-electron chi connectivity index (χ3n) is 5.26. The summed E-state index contributed by atoms with van der Waals surface area (Å²) >= 11 is 6.51. The van der Waals surface area contributed by atoms with Gasteiger partial charge in [0, 0.05) is 29.9 Å². The van der Waals surface area contributed by atoms with Crippen LogP contribution in [-0.2, 0) is 9.59 Å². The van der Waals surface area contributed by atoms with Gasteiger partial charge in [-0.3, -0.25) is 9.59 Å². The standard InChI is InChI=1S/C23H19ClFN3O4/c1-32-16-7-4-14-10-17(23(24)26-18(14)11-16)20-12-19(13-2-5-15(25)6-3-13)27-28(20)21(29)8-9-22(30)31/h2-7,10-11,20H,8-9,12H2,1H3,(H,30,31)/t20-/m0/s1. The van der Waals surface area contributed by atoms with Crippen molar-refractivity contribution in [3.63, 3.8) is 0 Å². The summed E-state index contributed by atoms with van der Waals surface area (Å²) in [5, 5.41) is 15.7. The van der Waals surface area contributed by atoms with Crippen LogP contribution in [0.25, 0.3) is 10.9 Å². The van der Waals surface area contributed by atoms with Gasteiger partial charge < -0.3 is 9.84 Å². The Balaban J connectivity index is 1.73. The number of carboxylic acid groups (broad SMARTS) is 1. The van der Waals surface area contributed by atoms with E-state index in [0.717, 1.165) is 5.39 Å². The Morgan fingerprint density at radius 3 is 2.62 bits per heavy atom. The number of benzene rings is 2. The first kappa shape index (κ1) is 21.7. The highest BCUT2D eigenvalue weighted by Crippen LogP contribution is 2.38. The summed E-state index contributed by atoms with van der Waals surface area (Å²) in [5.41, 5.74) is 2.47. The molecule has 1 amide bonds. The molecular formula is C23H19ClFN3O4. The average Bonchev–Trinajstić information content (AvgIpc) is 3.22. The van der Waals surface area contributed by atoms with Crippen molar-refractivity contribution < 1.29 is 23.8 Å². The van der Waals surface area contributed by atoms with Gasteiger partial charge in [0.2, 0.25) is 5.91 Å². The van der Waals surface area contributed by atoms with Crippen LogP contribution in [0.4, 0.5) is 4.39 Å². The second-order valence-corrected chi connectivity index (χ2v) is 7.69. The van der Waals surface area contributed by atoms with Crippen LogP contribution in [0, 0.1) is 5.82 Å². The van der Waals surface area contributed by atoms with Crippen molar-refractivity contribution in [1.82, 2.24) is 9.99 Å². The Kier molecular flexibility index (Phi) is 6.05. The number of pyridine rings is 1. The van der Waals surface area contributed by atoms with Crippen LogP contribution in [-0.4, -0.2) is 39.8 Å². The van der Waals surface area contributed by atoms with Gasteiger partial charge >= 0.3 is 5.97 Å². The highest BCUT2D eigenvalue weighted by molar-refractivity contribution is 6.30. The number of nitrogens with zero attached hydrogens (tertiary/aromatic N) is 3. The predicted molar refractivity (Wildman–Crippen MR) is 117 cm³/mol. The van der Waals surface area contributed by atoms with Gasteiger partial charge in [-0.05, 0) is 35.9 Å². The average molecular weight is 456 g/mol. The van der Waals surface area contributed by atoms with E-state index in [1.165, 1.54) is 17.1 Å². The van der Waals surface area contributed by atoms with Gasteiger partial charge in [0.25, 0.3) is 0 Å². The molecule has 0 spiro atoms. The number of hydrogen-bond acceptors (Lipinski definition) is 5. The van der Waals surface area contributed by atoms with Gasteiger partial charge in [-0.2, -0.15) is 5.10 Å². The summed E-state index contributed by atoms with van der Waals surface area (Å²) in [6.45, 7) is 0. The van der Waals surface area contributed by atoms with Crippen LogP contribution >= 0.6 is 11.6 Å². The largest absolute Gasteiger partial charge is 0.497 e. The number of ether oxygens (including phenoxy) is 1. The van der Waals surface area contributed by atoms with Crippen molar-refractivity contribution in [2.75, 3.05) is 7.11 Å². The van der Waals surface area contributed by atoms with Gasteiger partial charge in [0.15, 0.2) is 0 Å². The first-order valence-corrected chi connectivity index (χ1v) is 10.2. The number of rotatable bonds is 6. The minimum atomic E-state index is -1.07. The quantitative estimate of drug-likeness (QED) is 0.549. The molecule has 164 valence electrons. The normalized spacial score (nSPS) is 15.7. The Bertz CT molecular complexity index is 1230. The molecule has 1 aromatic heterocycles. The number of hydrogen-bond donors (Lipinski definition) is 1. The number of carbonyl (C=O) groups is 2. The lowest BCUT2D eigenvalue weighted by Gasteiger charge is -2.23. The molecule has 2 aromatic carbocycles. The van der Waals surface area contributed by atoms with E-state index in [4.69, 9.17) is 21.4 Å². The summed E-state index contributed by atoms with van der Waals surface area (Å²) in [6, 6.07) is 12.5. The van der Waals surface area contributed by atoms with E-state index in [1.807, 2.05) is 12.1 Å². The number of fused-ring (bicyclic) bond motifs is 1. The van der Waals surface area contributed by atoms with Gasteiger partial charge in [-0.15, -0.1) is 0 Å². The third-order valence-corrected chi connectivity index (χ3v) is 5.56. The van der Waals surface area contributed by atoms with Crippen molar-refractivity contribution in [1.29, 1.82) is 0 Å². The fraction of sp³-hybridized carbons (Fsp3) is 0.217. The first-order chi connectivity index (χ1) is 15.4. The van der Waals surface area contributed by atoms with Crippen molar-refractivity contribution in [2.45, 2.75) is 25.3 Å². The summed E-state index contributed by atoms with van der Waals surface area (Å²) in [5.74, 6) is -1.26. The van der Waals surface area contributed by atoms with Crippen molar-refractivity contribution in [3.8, 4) is 5.75 Å². The molecule has 1 aliphatic rings. The number of halogens is 2. The zero-order valence-corrected chi connectivity index (χ0v) is 17.8. The molecule has 0 saturated carbocycles. The summed E-state index contributed by atoms with van der Waals surface area (Å²) in [6.07, 6.45) is -0.192. The zero-order valence-electron chi connectivity index (χ0n) is 17.1. The SMILES string of the molecule is COc1ccc2cc([C@@H]3CC(c4ccc(F)cc4)=NN3C(=O)CCC(=O)O)c(Cl)nc2c1. The van der Waals surface area contributed by atoms with Crippen molar-refractivity contribution >= 4 is 40.1 Å². The summed E-state index contributed by atoms with van der Waals surface area (Å²) < 4.78 is 18.6. The molecular weight excluding hydrogens is 437 g/mol. The maximum absolute atomic E-state index is 13.4. The maximum atomic E-state index is 13.4. The van der Waals surface area contributed by atoms with Crippen LogP contribution in [0.1, 0.15) is 36.4 Å². The minimum Gasteiger partial charge on any atom is -0.497 e. The lowest BCUT2D eigenvalue weighted by Crippen LogP contribution is -2.27. The van der Waals surface area contributed by atoms with E-state index in [1.54, 1.807) is 31.4 Å². The smallest absolute Gasteiger partial charge is 0.303 e. The number of methoxy groups -OCH3 is 1. The number of carboxylic acids is 1. The molecule has 1 N–H and O–H groups in total. The van der Waals surface area contributed by atoms with Crippen LogP contribution in [0.3, 0.4) is 0 Å². The number of amides is 1. The maximum Gasteiger partial charge on any atom is 0.303 e. The van der Waals surface area contributed by atoms with Gasteiger partial charge in [0.05, 0.1) is 30.8 Å². The zero-order chi connectivity index (χ0) is 22.8. The lowest BCUT2D eigenvalue weighted by atomic mass is 9.98. The molecule has 0 fully saturated rings. The van der Waals surface area contributed by atoms with Gasteiger partial charge in [-0.1, -0.05) is 23.7 Å². The van der Waals surface area contributed by atoms with Gasteiger partial charge in [0.1, 0.15) is 16.7 Å². The Hall–Kier alpha value is -3.52. The molecule has 0 radical (unpaired) electrons. The molecule has 7 nitrogen and oxygen atoms in total. The monoisotopic (exact) mass is 455 g/mol. The fourth-order valence-corrected chi connectivity index (χ4v) is 3.90. The number of aliphatic carboxylic acids is 1. The molecule has 0 bridgehead atoms. The molecule has 3 aromatic rings. The van der Waals surface area contributed by atoms with Crippen LogP contribution < -0.4 is 4.74 Å². The van der Waals surface area contributed by atoms with E-state index < -0.39 is 17.9 Å². The topological polar surface area (TPSA) is 92.1 Å². The Morgan fingerprint density at radius 1 is 1.19 bits per heavy atom. The van der Waals surface area contributed by atoms with E-state index >= 15 is 0 Å². The Morgan fingerprint density at radius 2 is 1.94 bits per heavy atom. The van der Waals surface area contributed by atoms with Crippen molar-refractivity contribution in [3.05, 3.63) is 70.6 Å². The van der Waals surface area contributed by atoms with Crippen LogP contribution in [0.2, 0.25) is 5.15 Å². The summed E-state index contributed by atoms with van der Waals surface area (Å²) in [4.78, 5) is 28.3. The third kappa shape index (κ3) is 4.40. The molecule has 0 saturated heterocycles. The fourth-order valence-electron chi connectivity index (χ4n) is 3.63. The second kappa shape index (κ2) is 8.92.